The highest BCUT2D eigenvalue weighted by atomic mass is 16.5. The second-order valence-corrected chi connectivity index (χ2v) is 7.38. The van der Waals surface area contributed by atoms with E-state index in [1.165, 1.54) is 37.7 Å². The van der Waals surface area contributed by atoms with E-state index < -0.39 is 0 Å². The Hall–Kier alpha value is -1.02. The lowest BCUT2D eigenvalue weighted by Gasteiger charge is -2.37. The Morgan fingerprint density at radius 2 is 1.81 bits per heavy atom. The van der Waals surface area contributed by atoms with Gasteiger partial charge in [0.15, 0.2) is 0 Å². The number of benzene rings is 1. The van der Waals surface area contributed by atoms with E-state index in [0.717, 1.165) is 5.75 Å². The molecule has 2 heteroatoms. The first-order valence-corrected chi connectivity index (χ1v) is 8.45. The van der Waals surface area contributed by atoms with E-state index in [-0.39, 0.29) is 17.6 Å². The van der Waals surface area contributed by atoms with Gasteiger partial charge in [-0.05, 0) is 62.1 Å². The van der Waals surface area contributed by atoms with E-state index in [0.29, 0.717) is 5.92 Å². The van der Waals surface area contributed by atoms with Crippen LogP contribution in [0.1, 0.15) is 71.4 Å². The predicted molar refractivity (Wildman–Crippen MR) is 89.5 cm³/mol. The third kappa shape index (κ3) is 4.00. The molecule has 1 saturated carbocycles. The summed E-state index contributed by atoms with van der Waals surface area (Å²) in [6.07, 6.45) is 6.60. The van der Waals surface area contributed by atoms with E-state index in [9.17, 15) is 0 Å². The minimum Gasteiger partial charge on any atom is -0.491 e. The Morgan fingerprint density at radius 1 is 1.14 bits per heavy atom. The largest absolute Gasteiger partial charge is 0.491 e. The lowest BCUT2D eigenvalue weighted by molar-refractivity contribution is 0.183. The molecule has 1 atom stereocenters. The summed E-state index contributed by atoms with van der Waals surface area (Å²) in [6, 6.07) is 8.53. The van der Waals surface area contributed by atoms with Gasteiger partial charge < -0.3 is 10.5 Å². The average Bonchev–Trinajstić information content (AvgIpc) is 2.86. The van der Waals surface area contributed by atoms with Gasteiger partial charge in [0.2, 0.25) is 0 Å². The van der Waals surface area contributed by atoms with Gasteiger partial charge in [-0.15, -0.1) is 0 Å². The zero-order valence-corrected chi connectivity index (χ0v) is 14.1. The van der Waals surface area contributed by atoms with Crippen LogP contribution in [0.4, 0.5) is 0 Å². The standard InChI is InChI=1S/C19H31NO/c1-14(2)13-19(10-5-6-11-19)18(20)16-8-7-9-17(12-16)21-15(3)4/h7-9,12,14-15,18H,5-6,10-11,13,20H2,1-4H3. The van der Waals surface area contributed by atoms with Crippen molar-refractivity contribution in [3.63, 3.8) is 0 Å². The maximum absolute atomic E-state index is 6.73. The topological polar surface area (TPSA) is 35.2 Å². The quantitative estimate of drug-likeness (QED) is 0.792. The van der Waals surface area contributed by atoms with Crippen molar-refractivity contribution < 1.29 is 4.74 Å². The monoisotopic (exact) mass is 289 g/mol. The number of rotatable bonds is 6. The molecule has 2 nitrogen and oxygen atoms in total. The molecule has 1 fully saturated rings. The van der Waals surface area contributed by atoms with Crippen molar-refractivity contribution >= 4 is 0 Å². The van der Waals surface area contributed by atoms with Gasteiger partial charge in [0.25, 0.3) is 0 Å². The summed E-state index contributed by atoms with van der Waals surface area (Å²) in [5.74, 6) is 1.64. The summed E-state index contributed by atoms with van der Waals surface area (Å²) in [5, 5.41) is 0. The Balaban J connectivity index is 2.22. The zero-order valence-electron chi connectivity index (χ0n) is 14.1. The molecule has 1 aliphatic carbocycles. The van der Waals surface area contributed by atoms with Crippen LogP contribution in [0.2, 0.25) is 0 Å². The molecule has 0 saturated heterocycles. The number of nitrogens with two attached hydrogens (primary N) is 1. The fraction of sp³-hybridized carbons (Fsp3) is 0.684. The van der Waals surface area contributed by atoms with Gasteiger partial charge in [0.05, 0.1) is 6.10 Å². The molecule has 1 unspecified atom stereocenters. The Bertz CT molecular complexity index is 447. The van der Waals surface area contributed by atoms with Gasteiger partial charge >= 0.3 is 0 Å². The van der Waals surface area contributed by atoms with Crippen molar-refractivity contribution in [3.8, 4) is 5.75 Å². The molecule has 2 rings (SSSR count). The van der Waals surface area contributed by atoms with Crippen LogP contribution in [0.15, 0.2) is 24.3 Å². The number of hydrogen-bond donors (Lipinski definition) is 1. The lowest BCUT2D eigenvalue weighted by atomic mass is 9.71. The van der Waals surface area contributed by atoms with Crippen LogP contribution in [0.25, 0.3) is 0 Å². The molecule has 118 valence electrons. The van der Waals surface area contributed by atoms with Crippen LogP contribution in [-0.4, -0.2) is 6.10 Å². The van der Waals surface area contributed by atoms with Crippen LogP contribution in [-0.2, 0) is 0 Å². The van der Waals surface area contributed by atoms with Crippen molar-refractivity contribution in [1.82, 2.24) is 0 Å². The molecule has 21 heavy (non-hydrogen) atoms. The third-order valence-electron chi connectivity index (χ3n) is 4.66. The molecule has 0 heterocycles. The molecule has 1 aromatic carbocycles. The highest BCUT2D eigenvalue weighted by Crippen LogP contribution is 2.50. The van der Waals surface area contributed by atoms with E-state index in [4.69, 9.17) is 10.5 Å². The molecule has 0 aliphatic heterocycles. The zero-order chi connectivity index (χ0) is 15.5. The van der Waals surface area contributed by atoms with Crippen LogP contribution in [0, 0.1) is 11.3 Å². The Morgan fingerprint density at radius 3 is 2.38 bits per heavy atom. The first kappa shape index (κ1) is 16.4. The van der Waals surface area contributed by atoms with Gasteiger partial charge in [0, 0.05) is 6.04 Å². The molecule has 2 N–H and O–H groups in total. The minimum absolute atomic E-state index is 0.123. The molecule has 0 spiro atoms. The summed E-state index contributed by atoms with van der Waals surface area (Å²) in [6.45, 7) is 8.74. The summed E-state index contributed by atoms with van der Waals surface area (Å²) in [7, 11) is 0. The van der Waals surface area contributed by atoms with Crippen molar-refractivity contribution in [1.29, 1.82) is 0 Å². The first-order valence-electron chi connectivity index (χ1n) is 8.45. The van der Waals surface area contributed by atoms with Crippen LogP contribution in [0.3, 0.4) is 0 Å². The van der Waals surface area contributed by atoms with E-state index in [2.05, 4.69) is 45.9 Å². The van der Waals surface area contributed by atoms with Crippen LogP contribution < -0.4 is 10.5 Å². The summed E-state index contributed by atoms with van der Waals surface area (Å²) in [4.78, 5) is 0. The maximum atomic E-state index is 6.73. The third-order valence-corrected chi connectivity index (χ3v) is 4.66. The molecule has 0 bridgehead atoms. The average molecular weight is 289 g/mol. The molecular weight excluding hydrogens is 258 g/mol. The highest BCUT2D eigenvalue weighted by molar-refractivity contribution is 5.32. The summed E-state index contributed by atoms with van der Waals surface area (Å²) in [5.41, 5.74) is 8.24. The molecule has 0 aromatic heterocycles. The molecule has 1 aromatic rings. The van der Waals surface area contributed by atoms with Crippen molar-refractivity contribution in [2.24, 2.45) is 17.1 Å². The second-order valence-electron chi connectivity index (χ2n) is 7.38. The number of ether oxygens (including phenoxy) is 1. The summed E-state index contributed by atoms with van der Waals surface area (Å²) >= 11 is 0. The molecule has 0 radical (unpaired) electrons. The first-order chi connectivity index (χ1) is 9.93. The smallest absolute Gasteiger partial charge is 0.120 e. The van der Waals surface area contributed by atoms with Gasteiger partial charge in [-0.2, -0.15) is 0 Å². The van der Waals surface area contributed by atoms with Gasteiger partial charge in [-0.3, -0.25) is 0 Å². The van der Waals surface area contributed by atoms with E-state index >= 15 is 0 Å². The lowest BCUT2D eigenvalue weighted by Crippen LogP contribution is -2.33. The van der Waals surface area contributed by atoms with Crippen molar-refractivity contribution in [2.75, 3.05) is 0 Å². The summed E-state index contributed by atoms with van der Waals surface area (Å²) < 4.78 is 5.83. The fourth-order valence-corrected chi connectivity index (χ4v) is 3.94. The number of hydrogen-bond acceptors (Lipinski definition) is 2. The highest BCUT2D eigenvalue weighted by Gasteiger charge is 2.40. The van der Waals surface area contributed by atoms with Crippen molar-refractivity contribution in [3.05, 3.63) is 29.8 Å². The van der Waals surface area contributed by atoms with Crippen molar-refractivity contribution in [2.45, 2.75) is 71.9 Å². The molecule has 0 amide bonds. The normalized spacial score (nSPS) is 19.2. The Labute approximate surface area is 130 Å². The van der Waals surface area contributed by atoms with Crippen LogP contribution >= 0.6 is 0 Å². The Kier molecular flexibility index (Phi) is 5.32. The SMILES string of the molecule is CC(C)CC1(C(N)c2cccc(OC(C)C)c2)CCCC1. The molecular formula is C19H31NO. The van der Waals surface area contributed by atoms with Gasteiger partial charge in [-0.25, -0.2) is 0 Å². The maximum Gasteiger partial charge on any atom is 0.120 e. The minimum atomic E-state index is 0.123. The van der Waals surface area contributed by atoms with Crippen LogP contribution in [0.5, 0.6) is 5.75 Å². The molecule has 1 aliphatic rings. The van der Waals surface area contributed by atoms with Gasteiger partial charge in [-0.1, -0.05) is 38.8 Å². The second kappa shape index (κ2) is 6.83. The predicted octanol–water partition coefficient (Wildman–Crippen LogP) is 5.08. The fourth-order valence-electron chi connectivity index (χ4n) is 3.94. The van der Waals surface area contributed by atoms with Gasteiger partial charge in [0.1, 0.15) is 5.75 Å². The van der Waals surface area contributed by atoms with E-state index in [1.807, 2.05) is 6.07 Å². The van der Waals surface area contributed by atoms with E-state index in [1.54, 1.807) is 0 Å².